The number of aliphatic imine (C=N–C) groups is 1. The zero-order valence-electron chi connectivity index (χ0n) is 33.4. The fraction of sp³-hybridized carbons (Fsp3) is 0.419. The molecule has 14 heteroatoms. The van der Waals surface area contributed by atoms with Gasteiger partial charge in [0.15, 0.2) is 11.2 Å². The third-order valence-electron chi connectivity index (χ3n) is 10.3. The van der Waals surface area contributed by atoms with Crippen LogP contribution in [0.5, 0.6) is 0 Å². The fourth-order valence-electron chi connectivity index (χ4n) is 7.50. The number of benzene rings is 3. The van der Waals surface area contributed by atoms with Gasteiger partial charge in [0.2, 0.25) is 11.9 Å². The van der Waals surface area contributed by atoms with Gasteiger partial charge in [0.05, 0.1) is 37.2 Å². The monoisotopic (exact) mass is 792 g/mol. The van der Waals surface area contributed by atoms with Crippen LogP contribution in [0.1, 0.15) is 77.3 Å². The van der Waals surface area contributed by atoms with Crippen molar-refractivity contribution < 1.29 is 18.6 Å². The molecule has 5 aromatic rings. The van der Waals surface area contributed by atoms with Gasteiger partial charge in [-0.25, -0.2) is 9.65 Å². The molecular formula is C43H53N8O5P. The molecule has 13 nitrogen and oxygen atoms in total. The molecule has 1 saturated heterocycles. The number of aromatic amines is 1. The highest BCUT2D eigenvalue weighted by Crippen LogP contribution is 2.48. The fourth-order valence-corrected chi connectivity index (χ4v) is 9.13. The third kappa shape index (κ3) is 9.09. The molecule has 0 radical (unpaired) electrons. The molecule has 1 amide bonds. The Kier molecular flexibility index (Phi) is 12.7. The Balaban J connectivity index is 1.29. The lowest BCUT2D eigenvalue weighted by molar-refractivity contribution is -0.118. The molecule has 0 bridgehead atoms. The predicted octanol–water partition coefficient (Wildman–Crippen LogP) is 7.17. The average molecular weight is 793 g/mol. The molecule has 5 atom stereocenters. The first kappa shape index (κ1) is 40.6. The highest BCUT2D eigenvalue weighted by molar-refractivity contribution is 7.44. The van der Waals surface area contributed by atoms with Crippen molar-refractivity contribution in [3.63, 3.8) is 0 Å². The van der Waals surface area contributed by atoms with Crippen molar-refractivity contribution in [3.8, 4) is 0 Å². The minimum atomic E-state index is -1.46. The molecule has 5 unspecified atom stereocenters. The van der Waals surface area contributed by atoms with E-state index in [1.165, 1.54) is 0 Å². The molecule has 57 heavy (non-hydrogen) atoms. The summed E-state index contributed by atoms with van der Waals surface area (Å²) >= 11 is 0. The number of anilines is 1. The number of rotatable bonds is 18. The number of ether oxygens (including phenoxy) is 1. The number of aromatic nitrogens is 4. The number of imidazole rings is 1. The van der Waals surface area contributed by atoms with Crippen LogP contribution in [-0.4, -0.2) is 79.8 Å². The SMILES string of the molecule is CC(C)C(=O)Nc1nc2c(ncn2C2CC(NC(c3ccccc3)(c3ccccc3)c3ccccc3)C(COP(OCCC3C=N3)N(C(C)C)C(C)C)O2)c(=O)[nH]1. The summed E-state index contributed by atoms with van der Waals surface area (Å²) in [7, 11) is -1.46. The van der Waals surface area contributed by atoms with E-state index in [1.807, 2.05) is 24.4 Å². The van der Waals surface area contributed by atoms with Crippen molar-refractivity contribution in [1.82, 2.24) is 29.5 Å². The van der Waals surface area contributed by atoms with E-state index in [2.05, 4.69) is 136 Å². The largest absolute Gasteiger partial charge is 0.351 e. The van der Waals surface area contributed by atoms with Gasteiger partial charge >= 0.3 is 0 Å². The Morgan fingerprint density at radius 2 is 1.51 bits per heavy atom. The number of fused-ring (bicyclic) bond motifs is 1. The van der Waals surface area contributed by atoms with E-state index in [9.17, 15) is 9.59 Å². The molecule has 4 heterocycles. The van der Waals surface area contributed by atoms with Gasteiger partial charge in [0.1, 0.15) is 6.23 Å². The van der Waals surface area contributed by atoms with Crippen molar-refractivity contribution in [2.45, 2.75) is 96.4 Å². The van der Waals surface area contributed by atoms with E-state index < -0.39 is 32.0 Å². The van der Waals surface area contributed by atoms with E-state index in [4.69, 9.17) is 13.8 Å². The van der Waals surface area contributed by atoms with Crippen molar-refractivity contribution in [3.05, 3.63) is 124 Å². The summed E-state index contributed by atoms with van der Waals surface area (Å²) in [5.41, 5.74) is 2.41. The van der Waals surface area contributed by atoms with E-state index in [0.29, 0.717) is 18.7 Å². The first-order valence-corrected chi connectivity index (χ1v) is 20.9. The molecular weight excluding hydrogens is 739 g/mol. The first-order valence-electron chi connectivity index (χ1n) is 19.8. The molecule has 1 fully saturated rings. The number of amides is 1. The molecule has 0 saturated carbocycles. The maximum absolute atomic E-state index is 13.2. The molecule has 0 aliphatic carbocycles. The molecule has 2 aliphatic heterocycles. The van der Waals surface area contributed by atoms with E-state index in [0.717, 1.165) is 23.1 Å². The van der Waals surface area contributed by atoms with Crippen LogP contribution in [0.3, 0.4) is 0 Å². The summed E-state index contributed by atoms with van der Waals surface area (Å²) in [5.74, 6) is -0.514. The summed E-state index contributed by atoms with van der Waals surface area (Å²) in [5, 5.41) is 6.88. The topological polar surface area (TPSA) is 148 Å². The van der Waals surface area contributed by atoms with Crippen LogP contribution in [-0.2, 0) is 24.1 Å². The number of H-pyrrole nitrogens is 1. The quantitative estimate of drug-likeness (QED) is 0.0621. The van der Waals surface area contributed by atoms with Gasteiger partial charge in [0, 0.05) is 36.7 Å². The second-order valence-corrected chi connectivity index (χ2v) is 16.9. The number of hydrogen-bond donors (Lipinski definition) is 3. The lowest BCUT2D eigenvalue weighted by atomic mass is 9.76. The van der Waals surface area contributed by atoms with Crippen LogP contribution in [0, 0.1) is 5.92 Å². The molecule has 3 N–H and O–H groups in total. The maximum Gasteiger partial charge on any atom is 0.280 e. The summed E-state index contributed by atoms with van der Waals surface area (Å²) in [6.07, 6.45) is 3.75. The molecule has 3 aromatic carbocycles. The second kappa shape index (κ2) is 17.9. The van der Waals surface area contributed by atoms with E-state index in [1.54, 1.807) is 24.7 Å². The Bertz CT molecular complexity index is 2070. The van der Waals surface area contributed by atoms with Gasteiger partial charge in [-0.15, -0.1) is 0 Å². The number of carbonyl (C=O) groups is 1. The van der Waals surface area contributed by atoms with Crippen LogP contribution in [0.25, 0.3) is 11.2 Å². The minimum absolute atomic E-state index is 0.0543. The number of nitrogens with zero attached hydrogens (tertiary/aromatic N) is 5. The van der Waals surface area contributed by atoms with Crippen molar-refractivity contribution in [2.75, 3.05) is 18.5 Å². The maximum atomic E-state index is 13.2. The zero-order valence-corrected chi connectivity index (χ0v) is 34.3. The van der Waals surface area contributed by atoms with Crippen molar-refractivity contribution in [2.24, 2.45) is 10.9 Å². The van der Waals surface area contributed by atoms with E-state index in [-0.39, 0.29) is 54.1 Å². The Morgan fingerprint density at radius 3 is 2.04 bits per heavy atom. The van der Waals surface area contributed by atoms with Crippen LogP contribution in [0.2, 0.25) is 0 Å². The lowest BCUT2D eigenvalue weighted by Gasteiger charge is -2.40. The van der Waals surface area contributed by atoms with Crippen LogP contribution >= 0.6 is 8.53 Å². The summed E-state index contributed by atoms with van der Waals surface area (Å²) in [4.78, 5) is 41.9. The van der Waals surface area contributed by atoms with Gasteiger partial charge in [-0.3, -0.25) is 34.8 Å². The van der Waals surface area contributed by atoms with Gasteiger partial charge in [0.25, 0.3) is 14.1 Å². The Labute approximate surface area is 335 Å². The predicted molar refractivity (Wildman–Crippen MR) is 224 cm³/mol. The Hall–Kier alpha value is -4.62. The molecule has 7 rings (SSSR count). The number of nitrogens with one attached hydrogen (secondary N) is 3. The number of hydrogen-bond acceptors (Lipinski definition) is 10. The summed E-state index contributed by atoms with van der Waals surface area (Å²) in [6, 6.07) is 31.7. The zero-order chi connectivity index (χ0) is 40.1. The lowest BCUT2D eigenvalue weighted by Crippen LogP contribution is -2.53. The summed E-state index contributed by atoms with van der Waals surface area (Å²) < 4.78 is 24.4. The van der Waals surface area contributed by atoms with Crippen LogP contribution in [0.15, 0.2) is 107 Å². The Morgan fingerprint density at radius 1 is 0.930 bits per heavy atom. The van der Waals surface area contributed by atoms with Gasteiger partial charge in [-0.05, 0) is 50.8 Å². The van der Waals surface area contributed by atoms with E-state index >= 15 is 0 Å². The van der Waals surface area contributed by atoms with Gasteiger partial charge in [-0.1, -0.05) is 105 Å². The molecule has 300 valence electrons. The van der Waals surface area contributed by atoms with Crippen molar-refractivity contribution in [1.29, 1.82) is 0 Å². The standard InChI is InChI=1S/C43H53N8O5P/c1-28(2)40(52)47-42-46-39-38(41(53)48-42)45-27-50(39)37-24-35(36(56-37)26-55-57(51(29(3)4)30(5)6)54-23-22-34-25-44-34)49-43(31-16-10-7-11-17-31,32-18-12-8-13-19-32)33-20-14-9-15-21-33/h7-21,25,27-30,34-37,49H,22-24,26H2,1-6H3,(H2,46,47,48,52,53). The minimum Gasteiger partial charge on any atom is -0.351 e. The molecule has 2 aliphatic rings. The highest BCUT2D eigenvalue weighted by Gasteiger charge is 2.45. The third-order valence-corrected chi connectivity index (χ3v) is 12.4. The normalized spacial score (nSPS) is 20.0. The summed E-state index contributed by atoms with van der Waals surface area (Å²) in [6.45, 7) is 12.9. The van der Waals surface area contributed by atoms with Gasteiger partial charge < -0.3 is 13.8 Å². The smallest absolute Gasteiger partial charge is 0.280 e. The average Bonchev–Trinajstić information content (AvgIpc) is 3.79. The second-order valence-electron chi connectivity index (χ2n) is 15.4. The molecule has 0 spiro atoms. The van der Waals surface area contributed by atoms with Crippen LogP contribution in [0.4, 0.5) is 5.95 Å². The van der Waals surface area contributed by atoms with Crippen LogP contribution < -0.4 is 16.2 Å². The van der Waals surface area contributed by atoms with Gasteiger partial charge in [-0.2, -0.15) is 4.98 Å². The van der Waals surface area contributed by atoms with Crippen molar-refractivity contribution >= 4 is 37.8 Å². The highest BCUT2D eigenvalue weighted by atomic mass is 31.2. The first-order chi connectivity index (χ1) is 27.5. The number of carbonyl (C=O) groups excluding carboxylic acids is 1. The molecule has 2 aromatic heterocycles.